The first-order chi connectivity index (χ1) is 14.0. The number of carbonyl (C=O) groups is 4. The average molecular weight is 468 g/mol. The van der Waals surface area contributed by atoms with Gasteiger partial charge in [0, 0.05) is 18.1 Å². The van der Waals surface area contributed by atoms with Crippen LogP contribution < -0.4 is 5.32 Å². The van der Waals surface area contributed by atoms with Crippen molar-refractivity contribution in [2.45, 2.75) is 44.4 Å². The summed E-state index contributed by atoms with van der Waals surface area (Å²) in [6.45, 7) is 0.424. The fraction of sp³-hybridized carbons (Fsp3) is 0.474. The summed E-state index contributed by atoms with van der Waals surface area (Å²) < 4.78 is 5.28. The third-order valence-electron chi connectivity index (χ3n) is 4.56. The minimum Gasteiger partial charge on any atom is -0.445 e. The molecule has 0 bridgehead atoms. The molecular formula is C19H22BrN3O6. The Labute approximate surface area is 176 Å². The first-order valence-electron chi connectivity index (χ1n) is 9.18. The summed E-state index contributed by atoms with van der Waals surface area (Å²) in [6, 6.07) is 7.12. The van der Waals surface area contributed by atoms with Crippen LogP contribution in [0.1, 0.15) is 31.2 Å². The van der Waals surface area contributed by atoms with Crippen LogP contribution in [-0.2, 0) is 25.7 Å². The van der Waals surface area contributed by atoms with E-state index in [9.17, 15) is 24.1 Å². The normalized spacial score (nSPS) is 16.7. The minimum atomic E-state index is -1.20. The van der Waals surface area contributed by atoms with Gasteiger partial charge >= 0.3 is 12.0 Å². The van der Waals surface area contributed by atoms with Crippen molar-refractivity contribution in [2.24, 2.45) is 5.18 Å². The van der Waals surface area contributed by atoms with E-state index in [4.69, 9.17) is 4.74 Å². The lowest BCUT2D eigenvalue weighted by molar-refractivity contribution is -0.130. The van der Waals surface area contributed by atoms with Gasteiger partial charge in [-0.25, -0.2) is 4.79 Å². The number of rotatable bonds is 9. The zero-order valence-electron chi connectivity index (χ0n) is 15.7. The number of likely N-dealkylation sites (tertiary alicyclic amines) is 1. The van der Waals surface area contributed by atoms with Gasteiger partial charge in [-0.15, -0.1) is 4.91 Å². The third kappa shape index (κ3) is 6.74. The Morgan fingerprint density at radius 3 is 2.62 bits per heavy atom. The van der Waals surface area contributed by atoms with Crippen LogP contribution >= 0.6 is 15.9 Å². The molecular weight excluding hydrogens is 446 g/mol. The first kappa shape index (κ1) is 22.7. The van der Waals surface area contributed by atoms with Crippen molar-refractivity contribution in [3.05, 3.63) is 40.8 Å². The van der Waals surface area contributed by atoms with E-state index in [0.29, 0.717) is 19.4 Å². The maximum absolute atomic E-state index is 12.6. The molecule has 0 aromatic heterocycles. The Morgan fingerprint density at radius 1 is 1.24 bits per heavy atom. The smallest absolute Gasteiger partial charge is 0.410 e. The van der Waals surface area contributed by atoms with E-state index in [-0.39, 0.29) is 30.6 Å². The number of nitroso groups, excluding NO2 is 1. The van der Waals surface area contributed by atoms with Crippen LogP contribution in [0.3, 0.4) is 0 Å². The van der Waals surface area contributed by atoms with Gasteiger partial charge in [0.2, 0.25) is 5.91 Å². The highest BCUT2D eigenvalue weighted by molar-refractivity contribution is 9.09. The number of ether oxygens (including phenoxy) is 1. The number of hydrogen-bond acceptors (Lipinski definition) is 6. The van der Waals surface area contributed by atoms with Crippen molar-refractivity contribution in [3.63, 3.8) is 0 Å². The second kappa shape index (κ2) is 11.4. The maximum Gasteiger partial charge on any atom is 0.410 e. The molecule has 1 N–H and O–H groups in total. The summed E-state index contributed by atoms with van der Waals surface area (Å²) in [6.07, 6.45) is 0.349. The van der Waals surface area contributed by atoms with E-state index in [0.717, 1.165) is 5.56 Å². The molecule has 156 valence electrons. The zero-order valence-corrected chi connectivity index (χ0v) is 17.3. The van der Waals surface area contributed by atoms with Crippen LogP contribution in [-0.4, -0.2) is 52.5 Å². The molecule has 0 aliphatic carbocycles. The number of Topliss-reactive ketones (excluding diaryl/α,β-unsaturated/α-hetero) is 1. The van der Waals surface area contributed by atoms with Gasteiger partial charge < -0.3 is 10.1 Å². The van der Waals surface area contributed by atoms with Gasteiger partial charge in [0.15, 0.2) is 0 Å². The number of nitrogens with zero attached hydrogens (tertiary/aromatic N) is 2. The summed E-state index contributed by atoms with van der Waals surface area (Å²) in [5.41, 5.74) is 0.820. The number of alkyl halides is 1. The monoisotopic (exact) mass is 467 g/mol. The lowest BCUT2D eigenvalue weighted by atomic mass is 10.1. The largest absolute Gasteiger partial charge is 0.445 e. The predicted molar refractivity (Wildman–Crippen MR) is 107 cm³/mol. The van der Waals surface area contributed by atoms with Gasteiger partial charge in [-0.2, -0.15) is 0 Å². The van der Waals surface area contributed by atoms with Crippen molar-refractivity contribution >= 4 is 39.6 Å². The molecule has 1 heterocycles. The number of benzene rings is 1. The van der Waals surface area contributed by atoms with E-state index in [1.54, 1.807) is 0 Å². The molecule has 1 aromatic carbocycles. The molecule has 2 rings (SSSR count). The second-order valence-electron chi connectivity index (χ2n) is 6.59. The predicted octanol–water partition coefficient (Wildman–Crippen LogP) is 2.31. The van der Waals surface area contributed by atoms with Crippen LogP contribution in [0.5, 0.6) is 0 Å². The Hall–Kier alpha value is -2.62. The topological polar surface area (TPSA) is 122 Å². The molecule has 1 fully saturated rings. The van der Waals surface area contributed by atoms with Crippen molar-refractivity contribution in [1.82, 2.24) is 10.2 Å². The van der Waals surface area contributed by atoms with Gasteiger partial charge in [0.1, 0.15) is 24.5 Å². The number of carbonyl (C=O) groups excluding carboxylic acids is 4. The van der Waals surface area contributed by atoms with Gasteiger partial charge in [-0.1, -0.05) is 46.3 Å². The molecule has 1 aromatic rings. The lowest BCUT2D eigenvalue weighted by Gasteiger charge is -2.25. The number of hydrogen-bond donors (Lipinski definition) is 1. The average Bonchev–Trinajstić information content (AvgIpc) is 3.24. The van der Waals surface area contributed by atoms with Crippen LogP contribution in [0.25, 0.3) is 0 Å². The van der Waals surface area contributed by atoms with Crippen LogP contribution in [0.15, 0.2) is 35.5 Å². The van der Waals surface area contributed by atoms with E-state index >= 15 is 0 Å². The highest BCUT2D eigenvalue weighted by Crippen LogP contribution is 2.19. The molecule has 0 saturated carbocycles. The van der Waals surface area contributed by atoms with Gasteiger partial charge in [0.05, 0.1) is 5.33 Å². The fourth-order valence-corrected chi connectivity index (χ4v) is 3.30. The number of amides is 3. The van der Waals surface area contributed by atoms with Gasteiger partial charge in [0.25, 0.3) is 0 Å². The Balaban J connectivity index is 1.95. The first-order valence-corrected chi connectivity index (χ1v) is 10.3. The van der Waals surface area contributed by atoms with E-state index in [1.807, 2.05) is 30.3 Å². The van der Waals surface area contributed by atoms with Crippen LogP contribution in [0, 0.1) is 4.91 Å². The highest BCUT2D eigenvalue weighted by Gasteiger charge is 2.37. The fourth-order valence-electron chi connectivity index (χ4n) is 3.02. The molecule has 2 unspecified atom stereocenters. The number of halogens is 1. The summed E-state index contributed by atoms with van der Waals surface area (Å²) in [5.74, 6) is -1.81. The van der Waals surface area contributed by atoms with E-state index in [1.165, 1.54) is 4.90 Å². The molecule has 9 nitrogen and oxygen atoms in total. The van der Waals surface area contributed by atoms with E-state index in [2.05, 4.69) is 26.4 Å². The van der Waals surface area contributed by atoms with Crippen molar-refractivity contribution in [1.29, 1.82) is 0 Å². The molecule has 0 radical (unpaired) electrons. The number of nitrogens with one attached hydrogen (secondary N) is 1. The second-order valence-corrected chi connectivity index (χ2v) is 7.15. The quantitative estimate of drug-likeness (QED) is 0.439. The van der Waals surface area contributed by atoms with Crippen molar-refractivity contribution in [3.8, 4) is 0 Å². The molecule has 1 aliphatic rings. The zero-order chi connectivity index (χ0) is 21.2. The standard InChI is InChI=1S/C19H22BrN3O6/c20-11-14(24)8-9-15(17(25)22-28)21-18(26)16-7-4-10-23(16)19(27)29-12-13-5-2-1-3-6-13/h1-3,5-6,15-16H,4,7-12H2,(H,21,26). The Kier molecular flexibility index (Phi) is 8.91. The molecule has 29 heavy (non-hydrogen) atoms. The Morgan fingerprint density at radius 2 is 1.97 bits per heavy atom. The van der Waals surface area contributed by atoms with Crippen molar-refractivity contribution < 1.29 is 23.9 Å². The molecule has 1 saturated heterocycles. The summed E-state index contributed by atoms with van der Waals surface area (Å²) >= 11 is 3.01. The van der Waals surface area contributed by atoms with Crippen LogP contribution in [0.4, 0.5) is 4.79 Å². The number of ketones is 1. The molecule has 0 spiro atoms. The highest BCUT2D eigenvalue weighted by atomic mass is 79.9. The van der Waals surface area contributed by atoms with Gasteiger partial charge in [-0.05, 0) is 24.8 Å². The van der Waals surface area contributed by atoms with E-state index < -0.39 is 30.0 Å². The SMILES string of the molecule is O=NC(=O)C(CCC(=O)CBr)NC(=O)C1CCCN1C(=O)OCc1ccccc1. The Bertz CT molecular complexity index is 758. The molecule has 3 amide bonds. The summed E-state index contributed by atoms with van der Waals surface area (Å²) in [4.78, 5) is 60.1. The molecule has 2 atom stereocenters. The van der Waals surface area contributed by atoms with Gasteiger partial charge in [-0.3, -0.25) is 19.3 Å². The maximum atomic E-state index is 12.6. The van der Waals surface area contributed by atoms with Crippen LogP contribution in [0.2, 0.25) is 0 Å². The van der Waals surface area contributed by atoms with Crippen molar-refractivity contribution in [2.75, 3.05) is 11.9 Å². The summed E-state index contributed by atoms with van der Waals surface area (Å²) in [5, 5.41) is 4.92. The summed E-state index contributed by atoms with van der Waals surface area (Å²) in [7, 11) is 0. The lowest BCUT2D eigenvalue weighted by Crippen LogP contribution is -2.50. The third-order valence-corrected chi connectivity index (χ3v) is 5.19. The minimum absolute atomic E-state index is 0.00492. The molecule has 1 aliphatic heterocycles. The molecule has 10 heteroatoms.